The summed E-state index contributed by atoms with van der Waals surface area (Å²) < 4.78 is 5.17. The summed E-state index contributed by atoms with van der Waals surface area (Å²) in [5.74, 6) is 0. The number of hydrogen-bond donors (Lipinski definition) is 0. The molecular weight excluding hydrogens is 114 g/mol. The molecule has 0 saturated carbocycles. The van der Waals surface area contributed by atoms with Crippen LogP contribution in [0, 0.1) is 0 Å². The summed E-state index contributed by atoms with van der Waals surface area (Å²) in [4.78, 5) is 2.34. The highest BCUT2D eigenvalue weighted by molar-refractivity contribution is 4.71. The van der Waals surface area contributed by atoms with Crippen molar-refractivity contribution >= 4 is 0 Å². The summed E-state index contributed by atoms with van der Waals surface area (Å²) in [7, 11) is 0. The molecule has 0 bridgehead atoms. The zero-order valence-corrected chi connectivity index (χ0v) is 5.68. The van der Waals surface area contributed by atoms with E-state index in [1.54, 1.807) is 6.08 Å². The molecule has 2 nitrogen and oxygen atoms in total. The lowest BCUT2D eigenvalue weighted by Gasteiger charge is -1.99. The lowest BCUT2D eigenvalue weighted by molar-refractivity contribution is 0.153. The van der Waals surface area contributed by atoms with Gasteiger partial charge < -0.3 is 4.74 Å². The Bertz CT molecular complexity index is 88.9. The molecule has 1 fully saturated rings. The fourth-order valence-electron chi connectivity index (χ4n) is 0.655. The molecule has 1 aliphatic heterocycles. The van der Waals surface area contributed by atoms with Crippen LogP contribution in [-0.4, -0.2) is 37.7 Å². The predicted octanol–water partition coefficient (Wildman–Crippen LogP) is 0.505. The molecule has 0 aromatic carbocycles. The number of nitrogens with zero attached hydrogens (tertiary/aromatic N) is 1. The molecule has 0 atom stereocenters. The standard InChI is InChI=1S/C7H13NO/c1-2-6-9-7-5-8-3-4-8/h2H,1,3-7H2. The van der Waals surface area contributed by atoms with Crippen LogP contribution in [-0.2, 0) is 4.74 Å². The molecular formula is C7H13NO. The molecule has 52 valence electrons. The Kier molecular flexibility index (Phi) is 2.74. The van der Waals surface area contributed by atoms with E-state index in [4.69, 9.17) is 4.74 Å². The van der Waals surface area contributed by atoms with E-state index in [-0.39, 0.29) is 0 Å². The summed E-state index contributed by atoms with van der Waals surface area (Å²) in [6.45, 7) is 8.71. The molecule has 1 heterocycles. The van der Waals surface area contributed by atoms with E-state index in [0.29, 0.717) is 6.61 Å². The zero-order chi connectivity index (χ0) is 6.53. The number of hydrogen-bond acceptors (Lipinski definition) is 2. The molecule has 0 aromatic rings. The van der Waals surface area contributed by atoms with Crippen molar-refractivity contribution in [1.82, 2.24) is 4.90 Å². The van der Waals surface area contributed by atoms with Gasteiger partial charge in [0.05, 0.1) is 13.2 Å². The molecule has 9 heavy (non-hydrogen) atoms. The molecule has 1 saturated heterocycles. The molecule has 1 rings (SSSR count). The summed E-state index contributed by atoms with van der Waals surface area (Å²) in [6, 6.07) is 0. The van der Waals surface area contributed by atoms with E-state index < -0.39 is 0 Å². The quantitative estimate of drug-likeness (QED) is 0.303. The summed E-state index contributed by atoms with van der Waals surface area (Å²) in [5, 5.41) is 0. The van der Waals surface area contributed by atoms with Gasteiger partial charge in [-0.2, -0.15) is 0 Å². The maximum atomic E-state index is 5.17. The fraction of sp³-hybridized carbons (Fsp3) is 0.714. The largest absolute Gasteiger partial charge is 0.376 e. The fourth-order valence-corrected chi connectivity index (χ4v) is 0.655. The van der Waals surface area contributed by atoms with E-state index in [1.165, 1.54) is 13.1 Å². The minimum atomic E-state index is 0.688. The minimum absolute atomic E-state index is 0.688. The molecule has 0 aliphatic carbocycles. The Hall–Kier alpha value is -0.340. The Morgan fingerprint density at radius 1 is 1.56 bits per heavy atom. The third kappa shape index (κ3) is 3.27. The average Bonchev–Trinajstić information content (AvgIpc) is 2.63. The van der Waals surface area contributed by atoms with E-state index >= 15 is 0 Å². The molecule has 0 N–H and O–H groups in total. The van der Waals surface area contributed by atoms with Gasteiger partial charge in [-0.3, -0.25) is 4.90 Å². The first-order chi connectivity index (χ1) is 4.43. The van der Waals surface area contributed by atoms with Crippen molar-refractivity contribution in [2.45, 2.75) is 0 Å². The molecule has 0 amide bonds. The molecule has 0 unspecified atom stereocenters. The van der Waals surface area contributed by atoms with Crippen molar-refractivity contribution in [1.29, 1.82) is 0 Å². The van der Waals surface area contributed by atoms with Gasteiger partial charge in [-0.15, -0.1) is 6.58 Å². The smallest absolute Gasteiger partial charge is 0.0645 e. The molecule has 0 spiro atoms. The number of ether oxygens (including phenoxy) is 1. The van der Waals surface area contributed by atoms with Crippen LogP contribution in [0.3, 0.4) is 0 Å². The van der Waals surface area contributed by atoms with E-state index in [1.807, 2.05) is 0 Å². The first-order valence-corrected chi connectivity index (χ1v) is 3.34. The second kappa shape index (κ2) is 3.64. The van der Waals surface area contributed by atoms with Crippen molar-refractivity contribution in [3.8, 4) is 0 Å². The van der Waals surface area contributed by atoms with Crippen molar-refractivity contribution in [3.05, 3.63) is 12.7 Å². The van der Waals surface area contributed by atoms with Gasteiger partial charge in [0.25, 0.3) is 0 Å². The minimum Gasteiger partial charge on any atom is -0.376 e. The van der Waals surface area contributed by atoms with Crippen LogP contribution in [0.4, 0.5) is 0 Å². The lowest BCUT2D eigenvalue weighted by atomic mass is 10.6. The molecule has 1 aliphatic rings. The van der Waals surface area contributed by atoms with Gasteiger partial charge in [-0.05, 0) is 0 Å². The van der Waals surface area contributed by atoms with Gasteiger partial charge in [0.15, 0.2) is 0 Å². The Labute approximate surface area is 56.1 Å². The van der Waals surface area contributed by atoms with Crippen molar-refractivity contribution in [2.24, 2.45) is 0 Å². The Balaban J connectivity index is 1.75. The predicted molar refractivity (Wildman–Crippen MR) is 37.5 cm³/mol. The van der Waals surface area contributed by atoms with Crippen LogP contribution in [0.5, 0.6) is 0 Å². The van der Waals surface area contributed by atoms with Crippen LogP contribution >= 0.6 is 0 Å². The van der Waals surface area contributed by atoms with Crippen molar-refractivity contribution < 1.29 is 4.74 Å². The molecule has 2 heteroatoms. The maximum Gasteiger partial charge on any atom is 0.0645 e. The second-order valence-electron chi connectivity index (χ2n) is 2.21. The third-order valence-electron chi connectivity index (χ3n) is 1.33. The van der Waals surface area contributed by atoms with Crippen LogP contribution < -0.4 is 0 Å². The summed E-state index contributed by atoms with van der Waals surface area (Å²) >= 11 is 0. The highest BCUT2D eigenvalue weighted by Crippen LogP contribution is 2.00. The van der Waals surface area contributed by atoms with E-state index in [9.17, 15) is 0 Å². The van der Waals surface area contributed by atoms with Crippen molar-refractivity contribution in [2.75, 3.05) is 32.8 Å². The summed E-state index contributed by atoms with van der Waals surface area (Å²) in [6.07, 6.45) is 1.78. The monoisotopic (exact) mass is 127 g/mol. The zero-order valence-electron chi connectivity index (χ0n) is 5.68. The summed E-state index contributed by atoms with van der Waals surface area (Å²) in [5.41, 5.74) is 0. The Morgan fingerprint density at radius 2 is 2.33 bits per heavy atom. The van der Waals surface area contributed by atoms with Gasteiger partial charge in [0.1, 0.15) is 0 Å². The van der Waals surface area contributed by atoms with Gasteiger partial charge in [0.2, 0.25) is 0 Å². The third-order valence-corrected chi connectivity index (χ3v) is 1.33. The van der Waals surface area contributed by atoms with Crippen molar-refractivity contribution in [3.63, 3.8) is 0 Å². The van der Waals surface area contributed by atoms with Crippen LogP contribution in [0.1, 0.15) is 0 Å². The first kappa shape index (κ1) is 6.78. The second-order valence-corrected chi connectivity index (χ2v) is 2.21. The van der Waals surface area contributed by atoms with Gasteiger partial charge >= 0.3 is 0 Å². The molecule has 0 radical (unpaired) electrons. The lowest BCUT2D eigenvalue weighted by Crippen LogP contribution is -2.07. The topological polar surface area (TPSA) is 12.2 Å². The van der Waals surface area contributed by atoms with Crippen LogP contribution in [0.2, 0.25) is 0 Å². The SMILES string of the molecule is C=CCOCCN1CC1. The van der Waals surface area contributed by atoms with E-state index in [2.05, 4.69) is 11.5 Å². The highest BCUT2D eigenvalue weighted by Gasteiger charge is 2.15. The van der Waals surface area contributed by atoms with Gasteiger partial charge in [0, 0.05) is 19.6 Å². The normalized spacial score (nSPS) is 17.8. The first-order valence-electron chi connectivity index (χ1n) is 3.34. The van der Waals surface area contributed by atoms with Gasteiger partial charge in [-0.25, -0.2) is 0 Å². The van der Waals surface area contributed by atoms with Gasteiger partial charge in [-0.1, -0.05) is 6.08 Å². The van der Waals surface area contributed by atoms with E-state index in [0.717, 1.165) is 13.2 Å². The van der Waals surface area contributed by atoms with Crippen LogP contribution in [0.25, 0.3) is 0 Å². The highest BCUT2D eigenvalue weighted by atomic mass is 16.5. The number of rotatable bonds is 5. The maximum absolute atomic E-state index is 5.17. The average molecular weight is 127 g/mol. The Morgan fingerprint density at radius 3 is 2.89 bits per heavy atom. The van der Waals surface area contributed by atoms with Crippen LogP contribution in [0.15, 0.2) is 12.7 Å². The molecule has 0 aromatic heterocycles.